The summed E-state index contributed by atoms with van der Waals surface area (Å²) in [5.74, 6) is -0.209. The first-order valence-corrected chi connectivity index (χ1v) is 6.51. The molecular formula is C15H18N4O. The number of amides is 1. The van der Waals surface area contributed by atoms with Crippen LogP contribution in [0.2, 0.25) is 0 Å². The molecule has 0 aliphatic rings. The Bertz CT molecular complexity index is 483. The van der Waals surface area contributed by atoms with Gasteiger partial charge in [-0.3, -0.25) is 4.79 Å². The van der Waals surface area contributed by atoms with E-state index >= 15 is 0 Å². The van der Waals surface area contributed by atoms with Crippen LogP contribution in [0, 0.1) is 22.7 Å². The Morgan fingerprint density at radius 3 is 2.20 bits per heavy atom. The number of nitrogens with two attached hydrogens (primary N) is 1. The monoisotopic (exact) mass is 270 g/mol. The van der Waals surface area contributed by atoms with Crippen molar-refractivity contribution < 1.29 is 4.79 Å². The van der Waals surface area contributed by atoms with Gasteiger partial charge in [-0.05, 0) is 12.0 Å². The lowest BCUT2D eigenvalue weighted by Crippen LogP contribution is -2.45. The summed E-state index contributed by atoms with van der Waals surface area (Å²) in [6.07, 6.45) is 0.944. The predicted octanol–water partition coefficient (Wildman–Crippen LogP) is 1.21. The maximum atomic E-state index is 12.2. The molecule has 0 spiro atoms. The lowest BCUT2D eigenvalue weighted by Gasteiger charge is -2.24. The van der Waals surface area contributed by atoms with Gasteiger partial charge in [0.15, 0.2) is 0 Å². The Labute approximate surface area is 119 Å². The standard InChI is InChI=1S/C15H18N4O/c16-8-4-10-19(11-5-9-17)15(20)14(18)12-13-6-2-1-3-7-13/h1-3,6-7,14H,4-5,10-12,18H2/t14-/m1/s1. The second-order valence-electron chi connectivity index (χ2n) is 4.44. The molecule has 0 aliphatic carbocycles. The van der Waals surface area contributed by atoms with E-state index in [0.717, 1.165) is 5.56 Å². The summed E-state index contributed by atoms with van der Waals surface area (Å²) in [6.45, 7) is 0.638. The van der Waals surface area contributed by atoms with Gasteiger partial charge in [0.25, 0.3) is 0 Å². The van der Waals surface area contributed by atoms with Crippen molar-refractivity contribution >= 4 is 5.91 Å². The number of benzene rings is 1. The van der Waals surface area contributed by atoms with E-state index in [1.807, 2.05) is 42.5 Å². The molecule has 20 heavy (non-hydrogen) atoms. The zero-order valence-corrected chi connectivity index (χ0v) is 11.3. The largest absolute Gasteiger partial charge is 0.339 e. The number of nitrogens with zero attached hydrogens (tertiary/aromatic N) is 3. The summed E-state index contributed by atoms with van der Waals surface area (Å²) in [7, 11) is 0. The van der Waals surface area contributed by atoms with Crippen LogP contribution in [0.15, 0.2) is 30.3 Å². The van der Waals surface area contributed by atoms with Crippen molar-refractivity contribution in [3.8, 4) is 12.1 Å². The molecule has 0 aliphatic heterocycles. The zero-order valence-electron chi connectivity index (χ0n) is 11.3. The van der Waals surface area contributed by atoms with Gasteiger partial charge in [0.2, 0.25) is 5.91 Å². The first kappa shape index (κ1) is 15.7. The Kier molecular flexibility index (Phi) is 6.81. The second kappa shape index (κ2) is 8.68. The van der Waals surface area contributed by atoms with E-state index in [2.05, 4.69) is 0 Å². The van der Waals surface area contributed by atoms with E-state index in [9.17, 15) is 4.79 Å². The van der Waals surface area contributed by atoms with Gasteiger partial charge in [0.05, 0.1) is 31.0 Å². The third kappa shape index (κ3) is 5.09. The normalized spacial score (nSPS) is 11.2. The molecule has 5 heteroatoms. The summed E-state index contributed by atoms with van der Waals surface area (Å²) in [5, 5.41) is 17.2. The first-order chi connectivity index (χ1) is 9.69. The van der Waals surface area contributed by atoms with Gasteiger partial charge in [0.1, 0.15) is 0 Å². The second-order valence-corrected chi connectivity index (χ2v) is 4.44. The molecule has 5 nitrogen and oxygen atoms in total. The summed E-state index contributed by atoms with van der Waals surface area (Å²) in [6, 6.07) is 12.9. The Morgan fingerprint density at radius 1 is 1.15 bits per heavy atom. The number of carbonyl (C=O) groups excluding carboxylic acids is 1. The average molecular weight is 270 g/mol. The van der Waals surface area contributed by atoms with Crippen molar-refractivity contribution in [1.82, 2.24) is 4.90 Å². The average Bonchev–Trinajstić information content (AvgIpc) is 2.48. The molecule has 0 saturated carbocycles. The van der Waals surface area contributed by atoms with Crippen molar-refractivity contribution in [1.29, 1.82) is 10.5 Å². The number of hydrogen-bond acceptors (Lipinski definition) is 4. The smallest absolute Gasteiger partial charge is 0.239 e. The molecule has 0 heterocycles. The third-order valence-electron chi connectivity index (χ3n) is 2.91. The molecule has 2 N–H and O–H groups in total. The van der Waals surface area contributed by atoms with Crippen LogP contribution < -0.4 is 5.73 Å². The molecule has 104 valence electrons. The van der Waals surface area contributed by atoms with Crippen LogP contribution in [-0.4, -0.2) is 29.9 Å². The lowest BCUT2D eigenvalue weighted by atomic mass is 10.1. The van der Waals surface area contributed by atoms with E-state index in [4.69, 9.17) is 16.3 Å². The van der Waals surface area contributed by atoms with Gasteiger partial charge in [0, 0.05) is 13.1 Å². The Hall–Kier alpha value is -2.37. The molecule has 0 bridgehead atoms. The van der Waals surface area contributed by atoms with E-state index in [0.29, 0.717) is 19.5 Å². The van der Waals surface area contributed by atoms with Gasteiger partial charge in [-0.15, -0.1) is 0 Å². The fourth-order valence-electron chi connectivity index (χ4n) is 1.89. The van der Waals surface area contributed by atoms with Crippen LogP contribution >= 0.6 is 0 Å². The summed E-state index contributed by atoms with van der Waals surface area (Å²) < 4.78 is 0. The fourth-order valence-corrected chi connectivity index (χ4v) is 1.89. The Morgan fingerprint density at radius 2 is 1.70 bits per heavy atom. The lowest BCUT2D eigenvalue weighted by molar-refractivity contribution is -0.132. The van der Waals surface area contributed by atoms with Crippen molar-refractivity contribution in [3.05, 3.63) is 35.9 Å². The summed E-state index contributed by atoms with van der Waals surface area (Å²) in [5.41, 5.74) is 6.93. The highest BCUT2D eigenvalue weighted by atomic mass is 16.2. The van der Waals surface area contributed by atoms with Crippen LogP contribution in [0.4, 0.5) is 0 Å². The third-order valence-corrected chi connectivity index (χ3v) is 2.91. The van der Waals surface area contributed by atoms with Crippen LogP contribution in [0.5, 0.6) is 0 Å². The van der Waals surface area contributed by atoms with Gasteiger partial charge < -0.3 is 10.6 Å². The van der Waals surface area contributed by atoms with Crippen molar-refractivity contribution in [2.75, 3.05) is 13.1 Å². The van der Waals surface area contributed by atoms with Crippen molar-refractivity contribution in [3.63, 3.8) is 0 Å². The number of nitriles is 2. The minimum Gasteiger partial charge on any atom is -0.339 e. The molecule has 0 saturated heterocycles. The van der Waals surface area contributed by atoms with Gasteiger partial charge in [-0.25, -0.2) is 0 Å². The molecule has 1 atom stereocenters. The molecule has 1 amide bonds. The number of rotatable bonds is 7. The number of hydrogen-bond donors (Lipinski definition) is 1. The fraction of sp³-hybridized carbons (Fsp3) is 0.400. The molecule has 1 aromatic carbocycles. The van der Waals surface area contributed by atoms with E-state index in [1.165, 1.54) is 4.90 Å². The molecule has 1 rings (SSSR count). The highest BCUT2D eigenvalue weighted by molar-refractivity contribution is 5.82. The topological polar surface area (TPSA) is 93.9 Å². The van der Waals surface area contributed by atoms with E-state index in [-0.39, 0.29) is 18.7 Å². The molecule has 0 unspecified atom stereocenters. The highest BCUT2D eigenvalue weighted by Crippen LogP contribution is 2.05. The molecule has 0 aromatic heterocycles. The predicted molar refractivity (Wildman–Crippen MR) is 75.2 cm³/mol. The van der Waals surface area contributed by atoms with E-state index in [1.54, 1.807) is 0 Å². The summed E-state index contributed by atoms with van der Waals surface area (Å²) in [4.78, 5) is 13.7. The number of carbonyl (C=O) groups is 1. The highest BCUT2D eigenvalue weighted by Gasteiger charge is 2.20. The van der Waals surface area contributed by atoms with Crippen LogP contribution in [0.3, 0.4) is 0 Å². The van der Waals surface area contributed by atoms with Crippen LogP contribution in [0.25, 0.3) is 0 Å². The minimum absolute atomic E-state index is 0.209. The van der Waals surface area contributed by atoms with Crippen molar-refractivity contribution in [2.45, 2.75) is 25.3 Å². The first-order valence-electron chi connectivity index (χ1n) is 6.51. The Balaban J connectivity index is 2.63. The molecule has 0 fully saturated rings. The maximum absolute atomic E-state index is 12.2. The molecular weight excluding hydrogens is 252 g/mol. The quantitative estimate of drug-likeness (QED) is 0.805. The van der Waals surface area contributed by atoms with Gasteiger partial charge in [-0.1, -0.05) is 30.3 Å². The van der Waals surface area contributed by atoms with Crippen molar-refractivity contribution in [2.24, 2.45) is 5.73 Å². The molecule has 1 aromatic rings. The summed E-state index contributed by atoms with van der Waals surface area (Å²) >= 11 is 0. The van der Waals surface area contributed by atoms with Crippen LogP contribution in [0.1, 0.15) is 18.4 Å². The van der Waals surface area contributed by atoms with Gasteiger partial charge in [-0.2, -0.15) is 10.5 Å². The molecule has 0 radical (unpaired) electrons. The minimum atomic E-state index is -0.644. The van der Waals surface area contributed by atoms with Crippen LogP contribution in [-0.2, 0) is 11.2 Å². The van der Waals surface area contributed by atoms with Gasteiger partial charge >= 0.3 is 0 Å². The zero-order chi connectivity index (χ0) is 14.8. The maximum Gasteiger partial charge on any atom is 0.239 e. The SMILES string of the molecule is N#CCCN(CCC#N)C(=O)[C@H](N)Cc1ccccc1. The van der Waals surface area contributed by atoms with E-state index < -0.39 is 6.04 Å².